The lowest BCUT2D eigenvalue weighted by Crippen LogP contribution is -2.29. The molecule has 0 aliphatic heterocycles. The van der Waals surface area contributed by atoms with Gasteiger partial charge in [0.15, 0.2) is 0 Å². The maximum atomic E-state index is 11.0. The van der Waals surface area contributed by atoms with Crippen LogP contribution in [0.15, 0.2) is 0 Å². The lowest BCUT2D eigenvalue weighted by Gasteiger charge is -2.03. The van der Waals surface area contributed by atoms with E-state index in [0.29, 0.717) is 0 Å². The first-order valence-corrected chi connectivity index (χ1v) is 4.32. The maximum Gasteiger partial charge on any atom is 0.221 e. The number of carbonyl (C=O) groups excluding carboxylic acids is 3. The van der Waals surface area contributed by atoms with Crippen molar-refractivity contribution in [3.05, 3.63) is 0 Å². The molecule has 3 amide bonds. The largest absolute Gasteiger partial charge is 0.370 e. The number of amides is 3. The Bertz CT molecular complexity index is 228. The number of carbonyl (C=O) groups is 3. The van der Waals surface area contributed by atoms with Crippen LogP contribution >= 0.6 is 0 Å². The van der Waals surface area contributed by atoms with Gasteiger partial charge in [-0.15, -0.1) is 0 Å². The van der Waals surface area contributed by atoms with Crippen LogP contribution in [-0.2, 0) is 14.4 Å². The van der Waals surface area contributed by atoms with E-state index in [0.717, 1.165) is 0 Å². The summed E-state index contributed by atoms with van der Waals surface area (Å²) in [5.74, 6) is -0.917. The highest BCUT2D eigenvalue weighted by molar-refractivity contribution is 5.83. The number of primary amides is 1. The average molecular weight is 201 g/mol. The van der Waals surface area contributed by atoms with Gasteiger partial charge < -0.3 is 16.4 Å². The van der Waals surface area contributed by atoms with Crippen molar-refractivity contribution in [2.75, 3.05) is 13.6 Å². The van der Waals surface area contributed by atoms with Crippen LogP contribution < -0.4 is 16.4 Å². The van der Waals surface area contributed by atoms with Gasteiger partial charge in [-0.3, -0.25) is 14.4 Å². The summed E-state index contributed by atoms with van der Waals surface area (Å²) < 4.78 is 0. The molecule has 0 aliphatic carbocycles. The molecule has 0 aromatic carbocycles. The molecule has 0 aliphatic rings. The van der Waals surface area contributed by atoms with E-state index in [1.54, 1.807) is 0 Å². The molecule has 6 heteroatoms. The van der Waals surface area contributed by atoms with Gasteiger partial charge in [-0.1, -0.05) is 0 Å². The van der Waals surface area contributed by atoms with E-state index >= 15 is 0 Å². The van der Waals surface area contributed by atoms with E-state index < -0.39 is 5.91 Å². The van der Waals surface area contributed by atoms with Crippen molar-refractivity contribution in [3.63, 3.8) is 0 Å². The Labute approximate surface area is 82.2 Å². The first-order valence-electron chi connectivity index (χ1n) is 4.32. The second-order valence-electron chi connectivity index (χ2n) is 2.74. The summed E-state index contributed by atoms with van der Waals surface area (Å²) in [4.78, 5) is 32.0. The fraction of sp³-hybridized carbons (Fsp3) is 0.625. The Balaban J connectivity index is 3.45. The molecule has 0 saturated carbocycles. The molecule has 0 rings (SSSR count). The Hall–Kier alpha value is -1.59. The lowest BCUT2D eigenvalue weighted by molar-refractivity contribution is -0.125. The minimum Gasteiger partial charge on any atom is -0.370 e. The summed E-state index contributed by atoms with van der Waals surface area (Å²) in [6, 6.07) is 0. The summed E-state index contributed by atoms with van der Waals surface area (Å²) in [7, 11) is 1.53. The van der Waals surface area contributed by atoms with E-state index in [1.165, 1.54) is 7.05 Å². The summed E-state index contributed by atoms with van der Waals surface area (Å²) in [6.45, 7) is 0.275. The second-order valence-corrected chi connectivity index (χ2v) is 2.74. The van der Waals surface area contributed by atoms with Crippen molar-refractivity contribution < 1.29 is 14.4 Å². The van der Waals surface area contributed by atoms with E-state index in [9.17, 15) is 14.4 Å². The van der Waals surface area contributed by atoms with Gasteiger partial charge in [0, 0.05) is 32.9 Å². The third-order valence-electron chi connectivity index (χ3n) is 1.55. The van der Waals surface area contributed by atoms with E-state index in [2.05, 4.69) is 10.6 Å². The first kappa shape index (κ1) is 12.4. The standard InChI is InChI=1S/C8H15N3O3/c1-10-7(13)4-5-11-8(14)3-2-6(9)12/h2-5H2,1H3,(H2,9,12)(H,10,13)(H,11,14). The third-order valence-corrected chi connectivity index (χ3v) is 1.55. The van der Waals surface area contributed by atoms with Crippen molar-refractivity contribution in [1.29, 1.82) is 0 Å². The van der Waals surface area contributed by atoms with Crippen LogP contribution in [-0.4, -0.2) is 31.3 Å². The summed E-state index contributed by atoms with van der Waals surface area (Å²) in [5.41, 5.74) is 4.86. The Morgan fingerprint density at radius 2 is 1.71 bits per heavy atom. The number of hydrogen-bond donors (Lipinski definition) is 3. The minimum atomic E-state index is -0.508. The average Bonchev–Trinajstić information content (AvgIpc) is 2.14. The van der Waals surface area contributed by atoms with Crippen molar-refractivity contribution in [3.8, 4) is 0 Å². The normalized spacial score (nSPS) is 9.21. The molecule has 4 N–H and O–H groups in total. The highest BCUT2D eigenvalue weighted by atomic mass is 16.2. The third kappa shape index (κ3) is 7.08. The fourth-order valence-corrected chi connectivity index (χ4v) is 0.766. The molecule has 0 saturated heterocycles. The van der Waals surface area contributed by atoms with Gasteiger partial charge in [0.1, 0.15) is 0 Å². The van der Waals surface area contributed by atoms with Crippen molar-refractivity contribution in [2.24, 2.45) is 5.73 Å². The smallest absolute Gasteiger partial charge is 0.221 e. The van der Waals surface area contributed by atoms with Crippen LogP contribution in [0.1, 0.15) is 19.3 Å². The van der Waals surface area contributed by atoms with Gasteiger partial charge in [0.05, 0.1) is 0 Å². The highest BCUT2D eigenvalue weighted by Gasteiger charge is 2.04. The fourth-order valence-electron chi connectivity index (χ4n) is 0.766. The monoisotopic (exact) mass is 201 g/mol. The van der Waals surface area contributed by atoms with E-state index in [1.807, 2.05) is 0 Å². The Morgan fingerprint density at radius 1 is 1.07 bits per heavy atom. The molecular weight excluding hydrogens is 186 g/mol. The van der Waals surface area contributed by atoms with Gasteiger partial charge in [-0.2, -0.15) is 0 Å². The van der Waals surface area contributed by atoms with Gasteiger partial charge in [0.2, 0.25) is 17.7 Å². The zero-order valence-corrected chi connectivity index (χ0v) is 8.13. The molecule has 0 spiro atoms. The molecule has 0 atom stereocenters. The van der Waals surface area contributed by atoms with E-state index in [-0.39, 0.29) is 37.6 Å². The molecule has 6 nitrogen and oxygen atoms in total. The molecule has 0 aromatic rings. The topological polar surface area (TPSA) is 101 Å². The second kappa shape index (κ2) is 6.88. The van der Waals surface area contributed by atoms with Crippen LogP contribution in [0.4, 0.5) is 0 Å². The quantitative estimate of drug-likeness (QED) is 0.487. The van der Waals surface area contributed by atoms with Crippen LogP contribution in [0.2, 0.25) is 0 Å². The Morgan fingerprint density at radius 3 is 2.21 bits per heavy atom. The lowest BCUT2D eigenvalue weighted by atomic mass is 10.3. The molecule has 0 heterocycles. The molecule has 0 bridgehead atoms. The summed E-state index contributed by atoms with van der Waals surface area (Å²) in [6.07, 6.45) is 0.341. The first-order chi connectivity index (χ1) is 6.56. The zero-order chi connectivity index (χ0) is 11.0. The zero-order valence-electron chi connectivity index (χ0n) is 8.13. The van der Waals surface area contributed by atoms with Crippen molar-refractivity contribution in [2.45, 2.75) is 19.3 Å². The van der Waals surface area contributed by atoms with Crippen molar-refractivity contribution >= 4 is 17.7 Å². The Kier molecular flexibility index (Phi) is 6.09. The van der Waals surface area contributed by atoms with Crippen LogP contribution in [0, 0.1) is 0 Å². The van der Waals surface area contributed by atoms with Gasteiger partial charge in [0.25, 0.3) is 0 Å². The molecule has 14 heavy (non-hydrogen) atoms. The number of nitrogens with one attached hydrogen (secondary N) is 2. The molecular formula is C8H15N3O3. The van der Waals surface area contributed by atoms with Crippen LogP contribution in [0.3, 0.4) is 0 Å². The van der Waals surface area contributed by atoms with Crippen molar-refractivity contribution in [1.82, 2.24) is 10.6 Å². The number of rotatable bonds is 6. The molecule has 0 radical (unpaired) electrons. The van der Waals surface area contributed by atoms with E-state index in [4.69, 9.17) is 5.73 Å². The SMILES string of the molecule is CNC(=O)CCNC(=O)CCC(N)=O. The van der Waals surface area contributed by atoms with Gasteiger partial charge >= 0.3 is 0 Å². The highest BCUT2D eigenvalue weighted by Crippen LogP contribution is 1.87. The molecule has 0 unspecified atom stereocenters. The summed E-state index contributed by atoms with van der Waals surface area (Å²) in [5, 5.41) is 4.92. The number of hydrogen-bond acceptors (Lipinski definition) is 3. The van der Waals surface area contributed by atoms with Crippen LogP contribution in [0.5, 0.6) is 0 Å². The summed E-state index contributed by atoms with van der Waals surface area (Å²) >= 11 is 0. The molecule has 80 valence electrons. The van der Waals surface area contributed by atoms with Gasteiger partial charge in [-0.05, 0) is 0 Å². The predicted octanol–water partition coefficient (Wildman–Crippen LogP) is -1.50. The minimum absolute atomic E-state index is 0.0335. The van der Waals surface area contributed by atoms with Crippen LogP contribution in [0.25, 0.3) is 0 Å². The van der Waals surface area contributed by atoms with Gasteiger partial charge in [-0.25, -0.2) is 0 Å². The maximum absolute atomic E-state index is 11.0. The molecule has 0 fully saturated rings. The molecule has 0 aromatic heterocycles. The predicted molar refractivity (Wildman–Crippen MR) is 50.1 cm³/mol. The number of nitrogens with two attached hydrogens (primary N) is 1.